The number of rotatable bonds is 2. The first-order valence-corrected chi connectivity index (χ1v) is 4.60. The third-order valence-corrected chi connectivity index (χ3v) is 2.46. The van der Waals surface area contributed by atoms with Crippen molar-refractivity contribution in [1.29, 1.82) is 0 Å². The van der Waals surface area contributed by atoms with Gasteiger partial charge in [-0.2, -0.15) is 0 Å². The van der Waals surface area contributed by atoms with E-state index in [9.17, 15) is 0 Å². The molecule has 3 nitrogen and oxygen atoms in total. The number of hydrogen-bond donors (Lipinski definition) is 1. The molecule has 0 bridgehead atoms. The van der Waals surface area contributed by atoms with E-state index in [2.05, 4.69) is 4.98 Å². The van der Waals surface area contributed by atoms with Crippen molar-refractivity contribution in [3.63, 3.8) is 0 Å². The Morgan fingerprint density at radius 3 is 2.85 bits per heavy atom. The number of ether oxygens (including phenoxy) is 1. The normalized spacial score (nSPS) is 15.8. The average Bonchev–Trinajstić information content (AvgIpc) is 2.88. The largest absolute Gasteiger partial charge is 0.480 e. The molecule has 0 saturated heterocycles. The molecule has 1 aromatic rings. The number of methoxy groups -OCH3 is 1. The summed E-state index contributed by atoms with van der Waals surface area (Å²) in [7, 11) is 1.56. The van der Waals surface area contributed by atoms with Crippen LogP contribution in [0.2, 0.25) is 5.02 Å². The lowest BCUT2D eigenvalue weighted by Gasteiger charge is -2.07. The summed E-state index contributed by atoms with van der Waals surface area (Å²) in [6.07, 6.45) is 2.33. The van der Waals surface area contributed by atoms with Gasteiger partial charge in [0.1, 0.15) is 0 Å². The molecule has 13 heavy (non-hydrogen) atoms. The molecule has 0 aliphatic heterocycles. The van der Waals surface area contributed by atoms with Gasteiger partial charge >= 0.3 is 0 Å². The van der Waals surface area contributed by atoms with Gasteiger partial charge in [-0.15, -0.1) is 0 Å². The minimum absolute atomic E-state index is 0.478. The maximum atomic E-state index is 6.00. The predicted molar refractivity (Wildman–Crippen MR) is 52.2 cm³/mol. The molecular formula is C9H11ClN2O. The van der Waals surface area contributed by atoms with Crippen LogP contribution in [0, 0.1) is 0 Å². The van der Waals surface area contributed by atoms with E-state index < -0.39 is 0 Å². The Morgan fingerprint density at radius 1 is 1.62 bits per heavy atom. The van der Waals surface area contributed by atoms with Crippen molar-refractivity contribution in [1.82, 2.24) is 4.98 Å². The molecule has 70 valence electrons. The number of nitrogen functional groups attached to an aromatic ring is 1. The van der Waals surface area contributed by atoms with Crippen molar-refractivity contribution in [2.75, 3.05) is 12.8 Å². The first-order chi connectivity index (χ1) is 6.22. The van der Waals surface area contributed by atoms with E-state index in [0.29, 0.717) is 22.5 Å². The standard InChI is InChI=1S/C9H11ClN2O/c1-13-9-7(11)4-6(10)8(12-9)5-2-3-5/h4-5H,2-3,11H2,1H3. The molecule has 1 fully saturated rings. The maximum absolute atomic E-state index is 6.00. The third-order valence-electron chi connectivity index (χ3n) is 2.15. The van der Waals surface area contributed by atoms with Crippen LogP contribution in [0.1, 0.15) is 24.5 Å². The van der Waals surface area contributed by atoms with E-state index in [1.54, 1.807) is 13.2 Å². The van der Waals surface area contributed by atoms with E-state index in [4.69, 9.17) is 22.1 Å². The van der Waals surface area contributed by atoms with Gasteiger partial charge in [-0.05, 0) is 18.9 Å². The first-order valence-electron chi connectivity index (χ1n) is 4.22. The fourth-order valence-electron chi connectivity index (χ4n) is 1.31. The number of aromatic nitrogens is 1. The molecule has 1 aromatic heterocycles. The van der Waals surface area contributed by atoms with Gasteiger partial charge in [0.2, 0.25) is 5.88 Å². The van der Waals surface area contributed by atoms with Gasteiger partial charge in [0, 0.05) is 5.92 Å². The number of nitrogens with two attached hydrogens (primary N) is 1. The lowest BCUT2D eigenvalue weighted by Crippen LogP contribution is -1.98. The molecule has 0 unspecified atom stereocenters. The Balaban J connectivity index is 2.44. The van der Waals surface area contributed by atoms with E-state index in [-0.39, 0.29) is 0 Å². The molecule has 0 amide bonds. The summed E-state index contributed by atoms with van der Waals surface area (Å²) in [4.78, 5) is 4.27. The molecule has 0 atom stereocenters. The number of anilines is 1. The second-order valence-electron chi connectivity index (χ2n) is 3.23. The maximum Gasteiger partial charge on any atom is 0.237 e. The van der Waals surface area contributed by atoms with Crippen LogP contribution < -0.4 is 10.5 Å². The van der Waals surface area contributed by atoms with Crippen LogP contribution in [0.25, 0.3) is 0 Å². The molecule has 1 aliphatic rings. The lowest BCUT2D eigenvalue weighted by atomic mass is 10.2. The summed E-state index contributed by atoms with van der Waals surface area (Å²) in [5.74, 6) is 0.994. The molecule has 2 rings (SSSR count). The van der Waals surface area contributed by atoms with Gasteiger partial charge in [0.25, 0.3) is 0 Å². The minimum atomic E-state index is 0.478. The number of pyridine rings is 1. The van der Waals surface area contributed by atoms with Crippen LogP contribution in [0.3, 0.4) is 0 Å². The second kappa shape index (κ2) is 3.07. The second-order valence-corrected chi connectivity index (χ2v) is 3.64. The molecule has 0 aromatic carbocycles. The highest BCUT2D eigenvalue weighted by Crippen LogP contribution is 2.43. The van der Waals surface area contributed by atoms with Gasteiger partial charge in [0.05, 0.1) is 23.5 Å². The van der Waals surface area contributed by atoms with E-state index in [0.717, 1.165) is 5.69 Å². The summed E-state index contributed by atoms with van der Waals surface area (Å²) in [5, 5.41) is 0.654. The zero-order chi connectivity index (χ0) is 9.42. The van der Waals surface area contributed by atoms with E-state index >= 15 is 0 Å². The molecule has 0 spiro atoms. The van der Waals surface area contributed by atoms with Crippen molar-refractivity contribution >= 4 is 17.3 Å². The summed E-state index contributed by atoms with van der Waals surface area (Å²) in [5.41, 5.74) is 7.07. The Bertz CT molecular complexity index is 337. The van der Waals surface area contributed by atoms with Crippen molar-refractivity contribution < 1.29 is 4.74 Å². The molecule has 1 heterocycles. The predicted octanol–water partition coefficient (Wildman–Crippen LogP) is 2.20. The van der Waals surface area contributed by atoms with Gasteiger partial charge in [-0.1, -0.05) is 11.6 Å². The van der Waals surface area contributed by atoms with Gasteiger partial charge in [0.15, 0.2) is 0 Å². The fraction of sp³-hybridized carbons (Fsp3) is 0.444. The molecule has 2 N–H and O–H groups in total. The van der Waals surface area contributed by atoms with Crippen molar-refractivity contribution in [2.45, 2.75) is 18.8 Å². The Hall–Kier alpha value is -0.960. The molecule has 1 saturated carbocycles. The smallest absolute Gasteiger partial charge is 0.237 e. The van der Waals surface area contributed by atoms with Crippen molar-refractivity contribution in [3.05, 3.63) is 16.8 Å². The highest BCUT2D eigenvalue weighted by atomic mass is 35.5. The summed E-state index contributed by atoms with van der Waals surface area (Å²) >= 11 is 6.00. The number of halogens is 1. The lowest BCUT2D eigenvalue weighted by molar-refractivity contribution is 0.398. The monoisotopic (exact) mass is 198 g/mol. The van der Waals surface area contributed by atoms with Crippen LogP contribution in [-0.2, 0) is 0 Å². The zero-order valence-electron chi connectivity index (χ0n) is 7.38. The van der Waals surface area contributed by atoms with E-state index in [1.807, 2.05) is 0 Å². The summed E-state index contributed by atoms with van der Waals surface area (Å²) in [6, 6.07) is 1.71. The van der Waals surface area contributed by atoms with E-state index in [1.165, 1.54) is 12.8 Å². The number of hydrogen-bond acceptors (Lipinski definition) is 3. The highest BCUT2D eigenvalue weighted by molar-refractivity contribution is 6.31. The molecule has 1 aliphatic carbocycles. The van der Waals surface area contributed by atoms with Crippen molar-refractivity contribution in [3.8, 4) is 5.88 Å². The minimum Gasteiger partial charge on any atom is -0.480 e. The molecule has 4 heteroatoms. The zero-order valence-corrected chi connectivity index (χ0v) is 8.14. The van der Waals surface area contributed by atoms with Crippen LogP contribution in [0.15, 0.2) is 6.07 Å². The van der Waals surface area contributed by atoms with Gasteiger partial charge < -0.3 is 10.5 Å². The van der Waals surface area contributed by atoms with Gasteiger partial charge in [-0.25, -0.2) is 4.98 Å². The van der Waals surface area contributed by atoms with Crippen LogP contribution in [-0.4, -0.2) is 12.1 Å². The SMILES string of the molecule is COc1nc(C2CC2)c(Cl)cc1N. The quantitative estimate of drug-likeness (QED) is 0.793. The van der Waals surface area contributed by atoms with Gasteiger partial charge in [-0.3, -0.25) is 0 Å². The highest BCUT2D eigenvalue weighted by Gasteiger charge is 2.28. The number of nitrogens with zero attached hydrogens (tertiary/aromatic N) is 1. The summed E-state index contributed by atoms with van der Waals surface area (Å²) < 4.78 is 5.02. The topological polar surface area (TPSA) is 48.1 Å². The first kappa shape index (κ1) is 8.63. The Morgan fingerprint density at radius 2 is 2.31 bits per heavy atom. The van der Waals surface area contributed by atoms with Crippen LogP contribution in [0.4, 0.5) is 5.69 Å². The third kappa shape index (κ3) is 1.56. The summed E-state index contributed by atoms with van der Waals surface area (Å²) in [6.45, 7) is 0. The van der Waals surface area contributed by atoms with Crippen LogP contribution in [0.5, 0.6) is 5.88 Å². The molecule has 0 radical (unpaired) electrons. The Labute approximate surface area is 81.9 Å². The fourth-order valence-corrected chi connectivity index (χ4v) is 1.62. The van der Waals surface area contributed by atoms with Crippen molar-refractivity contribution in [2.24, 2.45) is 0 Å². The average molecular weight is 199 g/mol. The van der Waals surface area contributed by atoms with Crippen LogP contribution >= 0.6 is 11.6 Å². The Kier molecular flexibility index (Phi) is 2.04. The molecular weight excluding hydrogens is 188 g/mol.